The van der Waals surface area contributed by atoms with E-state index in [0.29, 0.717) is 6.54 Å². The Hall–Kier alpha value is -2.50. The van der Waals surface area contributed by atoms with Crippen molar-refractivity contribution in [3.8, 4) is 5.75 Å². The molecule has 0 unspecified atom stereocenters. The highest BCUT2D eigenvalue weighted by Crippen LogP contribution is 2.19. The minimum Gasteiger partial charge on any atom is -0.491 e. The number of aromatic nitrogens is 2. The predicted octanol–water partition coefficient (Wildman–Crippen LogP) is 2.77. The van der Waals surface area contributed by atoms with Gasteiger partial charge in [0.05, 0.1) is 18.3 Å². The molecule has 0 saturated carbocycles. The quantitative estimate of drug-likeness (QED) is 0.861. The van der Waals surface area contributed by atoms with Gasteiger partial charge < -0.3 is 15.4 Å². The number of benzene rings is 1. The van der Waals surface area contributed by atoms with E-state index in [1.807, 2.05) is 58.3 Å². The van der Waals surface area contributed by atoms with Gasteiger partial charge in [0.1, 0.15) is 5.75 Å². The molecule has 1 aromatic heterocycles. The maximum Gasteiger partial charge on any atom is 0.315 e. The summed E-state index contributed by atoms with van der Waals surface area (Å²) in [5.74, 6) is 0.795. The molecule has 0 bridgehead atoms. The number of aryl methyl sites for hydroxylation is 1. The number of amides is 2. The molecular formula is C17H24N4O2. The van der Waals surface area contributed by atoms with Gasteiger partial charge in [0.25, 0.3) is 0 Å². The van der Waals surface area contributed by atoms with Gasteiger partial charge in [0.15, 0.2) is 0 Å². The topological polar surface area (TPSA) is 68.2 Å². The summed E-state index contributed by atoms with van der Waals surface area (Å²) < 4.78 is 7.46. The van der Waals surface area contributed by atoms with E-state index < -0.39 is 0 Å². The first-order valence-electron chi connectivity index (χ1n) is 7.73. The lowest BCUT2D eigenvalue weighted by atomic mass is 10.2. The third kappa shape index (κ3) is 5.02. The first kappa shape index (κ1) is 16.9. The summed E-state index contributed by atoms with van der Waals surface area (Å²) in [7, 11) is 1.85. The summed E-state index contributed by atoms with van der Waals surface area (Å²) in [6.45, 7) is 6.29. The van der Waals surface area contributed by atoms with Crippen molar-refractivity contribution in [3.63, 3.8) is 0 Å². The van der Waals surface area contributed by atoms with Gasteiger partial charge in [-0.15, -0.1) is 0 Å². The molecule has 0 aliphatic rings. The van der Waals surface area contributed by atoms with Gasteiger partial charge in [0.2, 0.25) is 0 Å². The molecule has 0 spiro atoms. The summed E-state index contributed by atoms with van der Waals surface area (Å²) in [4.78, 5) is 12.1. The maximum absolute atomic E-state index is 12.1. The van der Waals surface area contributed by atoms with E-state index in [-0.39, 0.29) is 18.2 Å². The third-order valence-electron chi connectivity index (χ3n) is 3.35. The average molecular weight is 316 g/mol. The second kappa shape index (κ2) is 7.67. The Kier molecular flexibility index (Phi) is 5.62. The van der Waals surface area contributed by atoms with Crippen LogP contribution in [0.2, 0.25) is 0 Å². The molecule has 1 aromatic carbocycles. The standard InChI is InChI=1S/C17H24N4O2/c1-12(2)23-16-8-6-5-7-14(16)9-18-17(22)20-13(3)15-10-19-21(4)11-15/h5-8,10-13H,9H2,1-4H3,(H2,18,20,22)/t13-/m1/s1. The molecule has 6 heteroatoms. The van der Waals surface area contributed by atoms with E-state index in [4.69, 9.17) is 4.74 Å². The molecule has 124 valence electrons. The molecule has 2 aromatic rings. The molecule has 6 nitrogen and oxygen atoms in total. The molecular weight excluding hydrogens is 292 g/mol. The number of hydrogen-bond donors (Lipinski definition) is 2. The number of hydrogen-bond acceptors (Lipinski definition) is 3. The van der Waals surface area contributed by atoms with Gasteiger partial charge >= 0.3 is 6.03 Å². The largest absolute Gasteiger partial charge is 0.491 e. The van der Waals surface area contributed by atoms with Crippen LogP contribution in [-0.4, -0.2) is 21.9 Å². The highest BCUT2D eigenvalue weighted by molar-refractivity contribution is 5.74. The maximum atomic E-state index is 12.1. The average Bonchev–Trinajstić information content (AvgIpc) is 2.92. The fourth-order valence-electron chi connectivity index (χ4n) is 2.19. The Bertz CT molecular complexity index is 652. The zero-order valence-electron chi connectivity index (χ0n) is 14.0. The summed E-state index contributed by atoms with van der Waals surface area (Å²) in [5.41, 5.74) is 1.91. The molecule has 0 radical (unpaired) electrons. The van der Waals surface area contributed by atoms with Crippen LogP contribution in [0.25, 0.3) is 0 Å². The van der Waals surface area contributed by atoms with Crippen LogP contribution < -0.4 is 15.4 Å². The number of ether oxygens (including phenoxy) is 1. The van der Waals surface area contributed by atoms with E-state index >= 15 is 0 Å². The second-order valence-corrected chi connectivity index (χ2v) is 5.77. The van der Waals surface area contributed by atoms with Crippen molar-refractivity contribution >= 4 is 6.03 Å². The Morgan fingerprint density at radius 1 is 1.30 bits per heavy atom. The molecule has 1 heterocycles. The van der Waals surface area contributed by atoms with Gasteiger partial charge in [-0.1, -0.05) is 18.2 Å². The minimum absolute atomic E-state index is 0.0931. The van der Waals surface area contributed by atoms with Crippen LogP contribution in [0.1, 0.15) is 37.9 Å². The molecule has 0 saturated heterocycles. The van der Waals surface area contributed by atoms with Crippen molar-refractivity contribution in [2.75, 3.05) is 0 Å². The van der Waals surface area contributed by atoms with Crippen LogP contribution >= 0.6 is 0 Å². The number of nitrogens with one attached hydrogen (secondary N) is 2. The summed E-state index contributed by atoms with van der Waals surface area (Å²) >= 11 is 0. The van der Waals surface area contributed by atoms with E-state index in [2.05, 4.69) is 15.7 Å². The first-order valence-corrected chi connectivity index (χ1v) is 7.73. The van der Waals surface area contributed by atoms with Crippen LogP contribution in [0.5, 0.6) is 5.75 Å². The van der Waals surface area contributed by atoms with Crippen molar-refractivity contribution in [1.29, 1.82) is 0 Å². The number of urea groups is 1. The van der Waals surface area contributed by atoms with Crippen LogP contribution in [0.15, 0.2) is 36.7 Å². The molecule has 1 atom stereocenters. The van der Waals surface area contributed by atoms with Crippen molar-refractivity contribution in [3.05, 3.63) is 47.8 Å². The van der Waals surface area contributed by atoms with E-state index in [0.717, 1.165) is 16.9 Å². The zero-order valence-corrected chi connectivity index (χ0v) is 14.0. The summed E-state index contributed by atoms with van der Waals surface area (Å²) in [6, 6.07) is 7.38. The van der Waals surface area contributed by atoms with Crippen LogP contribution in [0.4, 0.5) is 4.79 Å². The molecule has 2 N–H and O–H groups in total. The van der Waals surface area contributed by atoms with Gasteiger partial charge in [0, 0.05) is 30.9 Å². The van der Waals surface area contributed by atoms with Gasteiger partial charge in [-0.25, -0.2) is 4.79 Å². The molecule has 2 rings (SSSR count). The van der Waals surface area contributed by atoms with Gasteiger partial charge in [-0.3, -0.25) is 4.68 Å². The lowest BCUT2D eigenvalue weighted by Crippen LogP contribution is -2.36. The van der Waals surface area contributed by atoms with Crippen molar-refractivity contribution in [2.45, 2.75) is 39.5 Å². The van der Waals surface area contributed by atoms with Gasteiger partial charge in [-0.05, 0) is 26.8 Å². The highest BCUT2D eigenvalue weighted by Gasteiger charge is 2.12. The van der Waals surface area contributed by atoms with Crippen molar-refractivity contribution in [2.24, 2.45) is 7.05 Å². The second-order valence-electron chi connectivity index (χ2n) is 5.77. The Morgan fingerprint density at radius 3 is 2.70 bits per heavy atom. The van der Waals surface area contributed by atoms with Crippen molar-refractivity contribution < 1.29 is 9.53 Å². The Balaban J connectivity index is 1.89. The lowest BCUT2D eigenvalue weighted by molar-refractivity contribution is 0.234. The van der Waals surface area contributed by atoms with Crippen LogP contribution in [0, 0.1) is 0 Å². The lowest BCUT2D eigenvalue weighted by Gasteiger charge is -2.16. The van der Waals surface area contributed by atoms with Gasteiger partial charge in [-0.2, -0.15) is 5.10 Å². The van der Waals surface area contributed by atoms with Crippen LogP contribution in [-0.2, 0) is 13.6 Å². The normalized spacial score (nSPS) is 12.0. The predicted molar refractivity (Wildman–Crippen MR) is 89.2 cm³/mol. The molecule has 0 aliphatic heterocycles. The third-order valence-corrected chi connectivity index (χ3v) is 3.35. The van der Waals surface area contributed by atoms with E-state index in [1.54, 1.807) is 10.9 Å². The number of carbonyl (C=O) groups excluding carboxylic acids is 1. The number of para-hydroxylation sites is 1. The number of rotatable bonds is 6. The Morgan fingerprint density at radius 2 is 2.04 bits per heavy atom. The molecule has 0 fully saturated rings. The monoisotopic (exact) mass is 316 g/mol. The van der Waals surface area contributed by atoms with Crippen molar-refractivity contribution in [1.82, 2.24) is 20.4 Å². The SMILES string of the molecule is CC(C)Oc1ccccc1CNC(=O)N[C@H](C)c1cnn(C)c1. The fraction of sp³-hybridized carbons (Fsp3) is 0.412. The van der Waals surface area contributed by atoms with E-state index in [1.165, 1.54) is 0 Å². The first-order chi connectivity index (χ1) is 11.0. The molecule has 23 heavy (non-hydrogen) atoms. The number of carbonyl (C=O) groups is 1. The highest BCUT2D eigenvalue weighted by atomic mass is 16.5. The van der Waals surface area contributed by atoms with Crippen LogP contribution in [0.3, 0.4) is 0 Å². The summed E-state index contributed by atoms with van der Waals surface area (Å²) in [6.07, 6.45) is 3.73. The smallest absolute Gasteiger partial charge is 0.315 e. The fourth-order valence-corrected chi connectivity index (χ4v) is 2.19. The number of nitrogens with zero attached hydrogens (tertiary/aromatic N) is 2. The molecule has 2 amide bonds. The summed E-state index contributed by atoms with van der Waals surface area (Å²) in [5, 5.41) is 9.86. The minimum atomic E-state index is -0.222. The Labute approximate surface area is 136 Å². The zero-order chi connectivity index (χ0) is 16.8. The molecule has 0 aliphatic carbocycles. The van der Waals surface area contributed by atoms with E-state index in [9.17, 15) is 4.79 Å².